The van der Waals surface area contributed by atoms with Crippen LogP contribution in [0.4, 0.5) is 10.1 Å². The van der Waals surface area contributed by atoms with Crippen LogP contribution in [0.5, 0.6) is 11.5 Å². The van der Waals surface area contributed by atoms with Crippen molar-refractivity contribution in [1.29, 1.82) is 5.26 Å². The fraction of sp³-hybridized carbons (Fsp3) is 0.105. The maximum absolute atomic E-state index is 12.9. The molecule has 0 radical (unpaired) electrons. The van der Waals surface area contributed by atoms with Gasteiger partial charge in [-0.05, 0) is 70.6 Å². The molecule has 0 saturated carbocycles. The number of rotatable bonds is 7. The second-order valence-corrected chi connectivity index (χ2v) is 6.51. The minimum Gasteiger partial charge on any atom is -0.493 e. The second-order valence-electron chi connectivity index (χ2n) is 5.35. The summed E-state index contributed by atoms with van der Waals surface area (Å²) < 4.78 is 23.9. The van der Waals surface area contributed by atoms with Gasteiger partial charge in [0.05, 0.1) is 10.7 Å². The molecular formula is C19H14FIN2O5. The molecule has 1 amide bonds. The van der Waals surface area contributed by atoms with E-state index in [4.69, 9.17) is 14.6 Å². The van der Waals surface area contributed by atoms with Crippen LogP contribution in [0.1, 0.15) is 5.56 Å². The van der Waals surface area contributed by atoms with Crippen molar-refractivity contribution in [2.75, 3.05) is 19.0 Å². The molecule has 0 saturated heterocycles. The van der Waals surface area contributed by atoms with Gasteiger partial charge in [-0.2, -0.15) is 5.26 Å². The molecule has 0 aliphatic carbocycles. The van der Waals surface area contributed by atoms with E-state index in [1.807, 2.05) is 28.7 Å². The zero-order chi connectivity index (χ0) is 20.7. The van der Waals surface area contributed by atoms with E-state index in [9.17, 15) is 19.2 Å². The third-order valence-electron chi connectivity index (χ3n) is 3.37. The number of benzene rings is 2. The molecule has 2 rings (SSSR count). The van der Waals surface area contributed by atoms with E-state index in [0.29, 0.717) is 14.8 Å². The van der Waals surface area contributed by atoms with Crippen LogP contribution in [-0.4, -0.2) is 30.7 Å². The number of anilines is 1. The number of hydrogen-bond donors (Lipinski definition) is 2. The van der Waals surface area contributed by atoms with Crippen LogP contribution < -0.4 is 14.8 Å². The smallest absolute Gasteiger partial charge is 0.341 e. The first kappa shape index (κ1) is 21.2. The summed E-state index contributed by atoms with van der Waals surface area (Å²) in [5.41, 5.74) is 0.647. The number of nitrogens with zero attached hydrogens (tertiary/aromatic N) is 1. The van der Waals surface area contributed by atoms with Crippen molar-refractivity contribution in [1.82, 2.24) is 0 Å². The summed E-state index contributed by atoms with van der Waals surface area (Å²) in [6.45, 7) is -0.537. The fourth-order valence-corrected chi connectivity index (χ4v) is 2.93. The Hall–Kier alpha value is -3.13. The molecule has 144 valence electrons. The molecule has 0 fully saturated rings. The molecule has 0 spiro atoms. The number of methoxy groups -OCH3 is 1. The molecule has 0 aromatic heterocycles. The van der Waals surface area contributed by atoms with Crippen molar-refractivity contribution < 1.29 is 28.6 Å². The number of ether oxygens (including phenoxy) is 2. The number of carboxylic acid groups (broad SMARTS) is 1. The number of hydrogen-bond acceptors (Lipinski definition) is 5. The lowest BCUT2D eigenvalue weighted by Gasteiger charge is -2.12. The highest BCUT2D eigenvalue weighted by molar-refractivity contribution is 14.1. The minimum atomic E-state index is -1.13. The summed E-state index contributed by atoms with van der Waals surface area (Å²) in [5, 5.41) is 20.6. The highest BCUT2D eigenvalue weighted by Crippen LogP contribution is 2.34. The molecule has 2 aromatic rings. The number of carbonyl (C=O) groups is 2. The number of carboxylic acids is 1. The second kappa shape index (κ2) is 9.70. The van der Waals surface area contributed by atoms with E-state index < -0.39 is 24.3 Å². The average Bonchev–Trinajstić information content (AvgIpc) is 2.66. The first-order valence-corrected chi connectivity index (χ1v) is 8.82. The largest absolute Gasteiger partial charge is 0.493 e. The van der Waals surface area contributed by atoms with E-state index in [0.717, 1.165) is 0 Å². The Bertz CT molecular complexity index is 968. The van der Waals surface area contributed by atoms with E-state index in [2.05, 4.69) is 5.32 Å². The standard InChI is InChI=1S/C19H14FIN2O5/c1-27-16-8-11(7-15(21)18(16)28-10-17(24)25)6-12(9-22)19(26)23-14-4-2-13(20)3-5-14/h2-8H,10H2,1H3,(H,23,26)(H,24,25)/b12-6+. The van der Waals surface area contributed by atoms with Crippen molar-refractivity contribution in [3.8, 4) is 17.6 Å². The third kappa shape index (κ3) is 5.68. The van der Waals surface area contributed by atoms with Crippen molar-refractivity contribution >= 4 is 46.2 Å². The number of nitrogens with one attached hydrogen (secondary N) is 1. The van der Waals surface area contributed by atoms with Gasteiger partial charge in [0.1, 0.15) is 17.5 Å². The topological polar surface area (TPSA) is 109 Å². The Labute approximate surface area is 173 Å². The first-order valence-electron chi connectivity index (χ1n) is 7.75. The van der Waals surface area contributed by atoms with Gasteiger partial charge in [-0.1, -0.05) is 0 Å². The van der Waals surface area contributed by atoms with Gasteiger partial charge in [-0.15, -0.1) is 0 Å². The number of aliphatic carboxylic acids is 1. The molecule has 0 aliphatic rings. The van der Waals surface area contributed by atoms with Crippen LogP contribution >= 0.6 is 22.6 Å². The summed E-state index contributed by atoms with van der Waals surface area (Å²) in [6, 6.07) is 10.1. The molecule has 0 atom stereocenters. The quantitative estimate of drug-likeness (QED) is 0.346. The average molecular weight is 496 g/mol. The van der Waals surface area contributed by atoms with E-state index in [1.54, 1.807) is 6.07 Å². The van der Waals surface area contributed by atoms with Crippen LogP contribution in [0.25, 0.3) is 6.08 Å². The third-order valence-corrected chi connectivity index (χ3v) is 4.17. The molecule has 0 heterocycles. The molecule has 0 bridgehead atoms. The number of carbonyl (C=O) groups excluding carboxylic acids is 1. The van der Waals surface area contributed by atoms with Crippen molar-refractivity contribution in [2.24, 2.45) is 0 Å². The molecule has 28 heavy (non-hydrogen) atoms. The Balaban J connectivity index is 2.28. The van der Waals surface area contributed by atoms with Gasteiger partial charge in [0, 0.05) is 5.69 Å². The predicted octanol–water partition coefficient (Wildman–Crippen LogP) is 3.45. The normalized spacial score (nSPS) is 10.7. The number of amides is 1. The van der Waals surface area contributed by atoms with Crippen LogP contribution in [-0.2, 0) is 9.59 Å². The molecule has 9 heteroatoms. The molecule has 2 aromatic carbocycles. The SMILES string of the molecule is COc1cc(/C=C(\C#N)C(=O)Nc2ccc(F)cc2)cc(I)c1OCC(=O)O. The maximum Gasteiger partial charge on any atom is 0.341 e. The van der Waals surface area contributed by atoms with Crippen LogP contribution in [0.15, 0.2) is 42.0 Å². The summed E-state index contributed by atoms with van der Waals surface area (Å²) in [6.07, 6.45) is 1.35. The van der Waals surface area contributed by atoms with Gasteiger partial charge in [0.2, 0.25) is 0 Å². The van der Waals surface area contributed by atoms with Gasteiger partial charge in [-0.25, -0.2) is 9.18 Å². The number of halogens is 2. The number of nitriles is 1. The molecule has 0 aliphatic heterocycles. The van der Waals surface area contributed by atoms with Crippen LogP contribution in [0, 0.1) is 20.7 Å². The van der Waals surface area contributed by atoms with E-state index >= 15 is 0 Å². The summed E-state index contributed by atoms with van der Waals surface area (Å²) in [4.78, 5) is 23.0. The van der Waals surface area contributed by atoms with Gasteiger partial charge >= 0.3 is 5.97 Å². The van der Waals surface area contributed by atoms with E-state index in [1.165, 1.54) is 43.5 Å². The zero-order valence-electron chi connectivity index (χ0n) is 14.5. The molecule has 7 nitrogen and oxygen atoms in total. The van der Waals surface area contributed by atoms with E-state index in [-0.39, 0.29) is 17.1 Å². The van der Waals surface area contributed by atoms with Crippen molar-refractivity contribution in [3.63, 3.8) is 0 Å². The first-order chi connectivity index (χ1) is 13.3. The lowest BCUT2D eigenvalue weighted by atomic mass is 10.1. The van der Waals surface area contributed by atoms with Gasteiger partial charge in [0.15, 0.2) is 18.1 Å². The summed E-state index contributed by atoms with van der Waals surface area (Å²) >= 11 is 1.93. The Morgan fingerprint density at radius 1 is 1.32 bits per heavy atom. The minimum absolute atomic E-state index is 0.179. The van der Waals surface area contributed by atoms with Crippen molar-refractivity contribution in [2.45, 2.75) is 0 Å². The zero-order valence-corrected chi connectivity index (χ0v) is 16.7. The Morgan fingerprint density at radius 3 is 2.57 bits per heavy atom. The Kier molecular flexibility index (Phi) is 7.34. The Morgan fingerprint density at radius 2 is 2.00 bits per heavy atom. The van der Waals surface area contributed by atoms with Crippen LogP contribution in [0.3, 0.4) is 0 Å². The molecule has 2 N–H and O–H groups in total. The van der Waals surface area contributed by atoms with Gasteiger partial charge < -0.3 is 19.9 Å². The predicted molar refractivity (Wildman–Crippen MR) is 107 cm³/mol. The summed E-state index contributed by atoms with van der Waals surface area (Å²) in [7, 11) is 1.39. The maximum atomic E-state index is 12.9. The highest BCUT2D eigenvalue weighted by Gasteiger charge is 2.15. The monoisotopic (exact) mass is 496 g/mol. The lowest BCUT2D eigenvalue weighted by molar-refractivity contribution is -0.139. The highest BCUT2D eigenvalue weighted by atomic mass is 127. The lowest BCUT2D eigenvalue weighted by Crippen LogP contribution is -2.13. The summed E-state index contributed by atoms with van der Waals surface area (Å²) in [5.74, 6) is -1.73. The van der Waals surface area contributed by atoms with Gasteiger partial charge in [-0.3, -0.25) is 4.79 Å². The molecule has 0 unspecified atom stereocenters. The van der Waals surface area contributed by atoms with Crippen LogP contribution in [0.2, 0.25) is 0 Å². The fourth-order valence-electron chi connectivity index (χ4n) is 2.14. The van der Waals surface area contributed by atoms with Crippen molar-refractivity contribution in [3.05, 3.63) is 56.9 Å². The van der Waals surface area contributed by atoms with Gasteiger partial charge in [0.25, 0.3) is 5.91 Å². The molecular weight excluding hydrogens is 482 g/mol.